The molecule has 86 valence electrons. The fourth-order valence-electron chi connectivity index (χ4n) is 1.63. The molecule has 0 unspecified atom stereocenters. The lowest BCUT2D eigenvalue weighted by Gasteiger charge is -1.91. The van der Waals surface area contributed by atoms with Gasteiger partial charge in [0.25, 0.3) is 0 Å². The molecule has 0 aromatic carbocycles. The zero-order valence-corrected chi connectivity index (χ0v) is 9.56. The maximum atomic E-state index is 10.7. The molecule has 0 aliphatic heterocycles. The van der Waals surface area contributed by atoms with E-state index in [1.54, 1.807) is 0 Å². The molecule has 0 amide bonds. The number of aromatic nitrogens is 3. The maximum Gasteiger partial charge on any atom is 0.374 e. The van der Waals surface area contributed by atoms with Crippen molar-refractivity contribution in [2.75, 3.05) is 0 Å². The fourth-order valence-corrected chi connectivity index (χ4v) is 2.39. The molecule has 1 N–H and O–H groups in total. The molecule has 0 fully saturated rings. The van der Waals surface area contributed by atoms with Crippen molar-refractivity contribution in [1.29, 1.82) is 0 Å². The molecule has 3 aromatic heterocycles. The minimum absolute atomic E-state index is 0.184. The summed E-state index contributed by atoms with van der Waals surface area (Å²) in [5.74, 6) is -1.32. The van der Waals surface area contributed by atoms with Crippen LogP contribution in [0.25, 0.3) is 16.3 Å². The number of nitrogens with zero attached hydrogens (tertiary/aromatic N) is 3. The number of aromatic carboxylic acids is 1. The lowest BCUT2D eigenvalue weighted by atomic mass is 10.2. The molecule has 7 heteroatoms. The summed E-state index contributed by atoms with van der Waals surface area (Å²) in [6.07, 6.45) is 1.91. The van der Waals surface area contributed by atoms with Crippen molar-refractivity contribution in [3.05, 3.63) is 29.1 Å². The van der Waals surface area contributed by atoms with Crippen molar-refractivity contribution in [3.63, 3.8) is 0 Å². The van der Waals surface area contributed by atoms with Crippen LogP contribution in [0, 0.1) is 6.92 Å². The first-order valence-corrected chi connectivity index (χ1v) is 5.67. The second kappa shape index (κ2) is 3.42. The highest BCUT2D eigenvalue weighted by molar-refractivity contribution is 7.15. The first-order chi connectivity index (χ1) is 8.16. The zero-order chi connectivity index (χ0) is 12.0. The molecule has 0 saturated carbocycles. The number of imidazole rings is 1. The van der Waals surface area contributed by atoms with E-state index in [0.29, 0.717) is 11.4 Å². The van der Waals surface area contributed by atoms with Crippen LogP contribution in [-0.4, -0.2) is 25.6 Å². The molecule has 3 rings (SSSR count). The predicted molar refractivity (Wildman–Crippen MR) is 60.3 cm³/mol. The molecule has 3 aromatic rings. The van der Waals surface area contributed by atoms with Gasteiger partial charge in [-0.05, 0) is 6.92 Å². The number of rotatable bonds is 2. The van der Waals surface area contributed by atoms with Crippen molar-refractivity contribution in [2.24, 2.45) is 0 Å². The molecule has 0 radical (unpaired) electrons. The van der Waals surface area contributed by atoms with Crippen molar-refractivity contribution < 1.29 is 14.4 Å². The van der Waals surface area contributed by atoms with Crippen LogP contribution in [0.2, 0.25) is 0 Å². The monoisotopic (exact) mass is 249 g/mol. The van der Waals surface area contributed by atoms with Gasteiger partial charge in [0.2, 0.25) is 5.76 Å². The summed E-state index contributed by atoms with van der Waals surface area (Å²) in [5.41, 5.74) is 2.00. The van der Waals surface area contributed by atoms with Crippen molar-refractivity contribution >= 4 is 22.3 Å². The van der Waals surface area contributed by atoms with Crippen LogP contribution in [0.1, 0.15) is 16.2 Å². The Morgan fingerprint density at radius 2 is 2.41 bits per heavy atom. The van der Waals surface area contributed by atoms with Crippen LogP contribution in [-0.2, 0) is 0 Å². The summed E-state index contributed by atoms with van der Waals surface area (Å²) in [7, 11) is 0. The highest BCUT2D eigenvalue weighted by atomic mass is 32.1. The minimum atomic E-state index is -1.14. The van der Waals surface area contributed by atoms with Gasteiger partial charge in [-0.1, -0.05) is 5.16 Å². The molecule has 6 nitrogen and oxygen atoms in total. The van der Waals surface area contributed by atoms with E-state index in [2.05, 4.69) is 10.1 Å². The number of carboxylic acids is 1. The van der Waals surface area contributed by atoms with E-state index in [0.717, 1.165) is 10.7 Å². The Labute approximate surface area is 99.1 Å². The Morgan fingerprint density at radius 1 is 1.59 bits per heavy atom. The van der Waals surface area contributed by atoms with E-state index >= 15 is 0 Å². The summed E-state index contributed by atoms with van der Waals surface area (Å²) < 4.78 is 6.64. The summed E-state index contributed by atoms with van der Waals surface area (Å²) in [6.45, 7) is 1.90. The average molecular weight is 249 g/mol. The second-order valence-corrected chi connectivity index (χ2v) is 4.36. The normalized spacial score (nSPS) is 11.1. The van der Waals surface area contributed by atoms with E-state index in [-0.39, 0.29) is 5.76 Å². The molecular formula is C10H7N3O3S. The van der Waals surface area contributed by atoms with E-state index in [1.165, 1.54) is 17.4 Å². The van der Waals surface area contributed by atoms with E-state index in [4.69, 9.17) is 9.63 Å². The van der Waals surface area contributed by atoms with Gasteiger partial charge in [0.15, 0.2) is 4.96 Å². The van der Waals surface area contributed by atoms with Gasteiger partial charge in [0, 0.05) is 23.3 Å². The number of fused-ring (bicyclic) bond motifs is 1. The van der Waals surface area contributed by atoms with Crippen molar-refractivity contribution in [3.8, 4) is 11.4 Å². The SMILES string of the molecule is Cc1c(-c2cc(C(=O)O)on2)nc2sccn12. The molecule has 0 aliphatic carbocycles. The second-order valence-electron chi connectivity index (χ2n) is 3.48. The molecule has 3 heterocycles. The maximum absolute atomic E-state index is 10.7. The highest BCUT2D eigenvalue weighted by Crippen LogP contribution is 2.25. The van der Waals surface area contributed by atoms with Crippen LogP contribution < -0.4 is 0 Å². The molecule has 0 bridgehead atoms. The first-order valence-electron chi connectivity index (χ1n) is 4.79. The van der Waals surface area contributed by atoms with Gasteiger partial charge in [0.05, 0.1) is 0 Å². The topological polar surface area (TPSA) is 80.6 Å². The number of carboxylic acid groups (broad SMARTS) is 1. The number of hydrogen-bond acceptors (Lipinski definition) is 5. The van der Waals surface area contributed by atoms with Gasteiger partial charge in [-0.2, -0.15) is 0 Å². The zero-order valence-electron chi connectivity index (χ0n) is 8.75. The van der Waals surface area contributed by atoms with E-state index in [1.807, 2.05) is 22.9 Å². The van der Waals surface area contributed by atoms with Crippen LogP contribution in [0.15, 0.2) is 22.2 Å². The molecule has 0 saturated heterocycles. The summed E-state index contributed by atoms with van der Waals surface area (Å²) in [4.78, 5) is 15.9. The van der Waals surface area contributed by atoms with Gasteiger partial charge in [-0.25, -0.2) is 9.78 Å². The third-order valence-corrected chi connectivity index (χ3v) is 3.22. The minimum Gasteiger partial charge on any atom is -0.475 e. The standard InChI is InChI=1S/C10H7N3O3S/c1-5-8(11-10-13(5)2-3-17-10)6-4-7(9(14)15)16-12-6/h2-4H,1H3,(H,14,15). The van der Waals surface area contributed by atoms with Gasteiger partial charge >= 0.3 is 5.97 Å². The van der Waals surface area contributed by atoms with Crippen molar-refractivity contribution in [2.45, 2.75) is 6.92 Å². The van der Waals surface area contributed by atoms with Gasteiger partial charge in [0.1, 0.15) is 11.4 Å². The summed E-state index contributed by atoms with van der Waals surface area (Å²) in [6, 6.07) is 1.38. The predicted octanol–water partition coefficient (Wildman–Crippen LogP) is 2.06. The Kier molecular flexibility index (Phi) is 2.02. The Hall–Kier alpha value is -2.15. The van der Waals surface area contributed by atoms with Crippen LogP contribution >= 0.6 is 11.3 Å². The molecule has 0 aliphatic rings. The van der Waals surface area contributed by atoms with Gasteiger partial charge in [-0.15, -0.1) is 11.3 Å². The van der Waals surface area contributed by atoms with E-state index in [9.17, 15) is 4.79 Å². The lowest BCUT2D eigenvalue weighted by molar-refractivity contribution is 0.0652. The van der Waals surface area contributed by atoms with Crippen molar-refractivity contribution in [1.82, 2.24) is 14.5 Å². The first kappa shape index (κ1) is 10.0. The molecule has 17 heavy (non-hydrogen) atoms. The van der Waals surface area contributed by atoms with E-state index < -0.39 is 5.97 Å². The third-order valence-electron chi connectivity index (χ3n) is 2.46. The number of thiazole rings is 1. The number of carbonyl (C=O) groups is 1. The summed E-state index contributed by atoms with van der Waals surface area (Å²) in [5, 5.41) is 14.4. The smallest absolute Gasteiger partial charge is 0.374 e. The largest absolute Gasteiger partial charge is 0.475 e. The Bertz CT molecular complexity index is 709. The Morgan fingerprint density at radius 3 is 3.06 bits per heavy atom. The van der Waals surface area contributed by atoms with Gasteiger partial charge < -0.3 is 9.63 Å². The Balaban J connectivity index is 2.16. The molecule has 0 spiro atoms. The lowest BCUT2D eigenvalue weighted by Crippen LogP contribution is -1.91. The number of aryl methyl sites for hydroxylation is 1. The average Bonchev–Trinajstić information content (AvgIpc) is 2.95. The third kappa shape index (κ3) is 1.43. The van der Waals surface area contributed by atoms with Crippen LogP contribution in [0.5, 0.6) is 0 Å². The number of hydrogen-bond donors (Lipinski definition) is 1. The quantitative estimate of drug-likeness (QED) is 0.751. The molecular weight excluding hydrogens is 242 g/mol. The molecule has 0 atom stereocenters. The fraction of sp³-hybridized carbons (Fsp3) is 0.100. The summed E-state index contributed by atoms with van der Waals surface area (Å²) >= 11 is 1.51. The van der Waals surface area contributed by atoms with Gasteiger partial charge in [-0.3, -0.25) is 4.40 Å². The highest BCUT2D eigenvalue weighted by Gasteiger charge is 2.17. The van der Waals surface area contributed by atoms with Crippen LogP contribution in [0.3, 0.4) is 0 Å². The van der Waals surface area contributed by atoms with Crippen LogP contribution in [0.4, 0.5) is 0 Å².